The van der Waals surface area contributed by atoms with Crippen molar-refractivity contribution < 1.29 is 0 Å². The summed E-state index contributed by atoms with van der Waals surface area (Å²) in [5.74, 6) is 0.710. The molecule has 1 N–H and O–H groups in total. The van der Waals surface area contributed by atoms with Gasteiger partial charge in [-0.25, -0.2) is 0 Å². The van der Waals surface area contributed by atoms with Crippen LogP contribution in [0.4, 0.5) is 5.69 Å². The number of para-hydroxylation sites is 1. The second-order valence-corrected chi connectivity index (χ2v) is 5.88. The summed E-state index contributed by atoms with van der Waals surface area (Å²) in [5.41, 5.74) is 1.67. The van der Waals surface area contributed by atoms with Crippen LogP contribution in [0.2, 0.25) is 0 Å². The predicted octanol–water partition coefficient (Wildman–Crippen LogP) is 4.12. The number of anilines is 1. The van der Waals surface area contributed by atoms with E-state index in [1.165, 1.54) is 6.42 Å². The molecule has 0 aliphatic heterocycles. The molecule has 0 saturated heterocycles. The monoisotopic (exact) mass is 287 g/mol. The van der Waals surface area contributed by atoms with Gasteiger partial charge in [0.05, 0.1) is 11.3 Å². The molecule has 116 valence electrons. The van der Waals surface area contributed by atoms with Gasteiger partial charge >= 0.3 is 0 Å². The molecule has 1 aromatic carbocycles. The molecule has 0 amide bonds. The fourth-order valence-corrected chi connectivity index (χ4v) is 2.84. The Morgan fingerprint density at radius 1 is 1.19 bits per heavy atom. The van der Waals surface area contributed by atoms with Crippen LogP contribution in [0.25, 0.3) is 0 Å². The van der Waals surface area contributed by atoms with Gasteiger partial charge in [-0.2, -0.15) is 5.26 Å². The van der Waals surface area contributed by atoms with Crippen LogP contribution in [0.5, 0.6) is 0 Å². The van der Waals surface area contributed by atoms with Gasteiger partial charge in [-0.05, 0) is 44.0 Å². The second kappa shape index (κ2) is 9.41. The first kappa shape index (κ1) is 17.5. The van der Waals surface area contributed by atoms with Crippen LogP contribution in [0, 0.1) is 17.2 Å². The normalized spacial score (nSPS) is 12.4. The van der Waals surface area contributed by atoms with Gasteiger partial charge < -0.3 is 10.2 Å². The summed E-state index contributed by atoms with van der Waals surface area (Å²) in [7, 11) is 0. The number of nitriles is 1. The van der Waals surface area contributed by atoms with Crippen LogP contribution < -0.4 is 5.32 Å². The first-order valence-electron chi connectivity index (χ1n) is 8.09. The summed E-state index contributed by atoms with van der Waals surface area (Å²) >= 11 is 0. The minimum atomic E-state index is 0.613. The van der Waals surface area contributed by atoms with Crippen molar-refractivity contribution >= 4 is 5.69 Å². The Morgan fingerprint density at radius 3 is 2.43 bits per heavy atom. The first-order chi connectivity index (χ1) is 10.1. The highest BCUT2D eigenvalue weighted by atomic mass is 15.1. The fourth-order valence-electron chi connectivity index (χ4n) is 2.84. The Morgan fingerprint density at radius 2 is 1.86 bits per heavy atom. The van der Waals surface area contributed by atoms with Gasteiger partial charge in [-0.3, -0.25) is 0 Å². The number of hydrogen-bond acceptors (Lipinski definition) is 3. The molecular formula is C18H29N3. The van der Waals surface area contributed by atoms with Gasteiger partial charge in [0, 0.05) is 12.6 Å². The lowest BCUT2D eigenvalue weighted by Gasteiger charge is -2.31. The third kappa shape index (κ3) is 5.77. The maximum absolute atomic E-state index is 9.11. The molecule has 3 heteroatoms. The van der Waals surface area contributed by atoms with Crippen molar-refractivity contribution in [1.29, 1.82) is 5.26 Å². The quantitative estimate of drug-likeness (QED) is 0.742. The topological polar surface area (TPSA) is 39.1 Å². The maximum atomic E-state index is 9.11. The molecule has 1 atom stereocenters. The van der Waals surface area contributed by atoms with Crippen LogP contribution in [-0.2, 0) is 0 Å². The molecule has 0 heterocycles. The van der Waals surface area contributed by atoms with E-state index in [4.69, 9.17) is 5.26 Å². The van der Waals surface area contributed by atoms with Crippen molar-refractivity contribution in [2.24, 2.45) is 5.92 Å². The van der Waals surface area contributed by atoms with Gasteiger partial charge in [0.25, 0.3) is 0 Å². The highest BCUT2D eigenvalue weighted by Crippen LogP contribution is 2.17. The molecule has 0 aliphatic carbocycles. The van der Waals surface area contributed by atoms with Gasteiger partial charge in [0.2, 0.25) is 0 Å². The number of nitrogens with zero attached hydrogens (tertiary/aromatic N) is 2. The van der Waals surface area contributed by atoms with Crippen molar-refractivity contribution in [3.8, 4) is 6.07 Å². The molecular weight excluding hydrogens is 258 g/mol. The van der Waals surface area contributed by atoms with Crippen molar-refractivity contribution in [1.82, 2.24) is 4.90 Å². The molecule has 0 radical (unpaired) electrons. The minimum Gasteiger partial charge on any atom is -0.384 e. The zero-order valence-electron chi connectivity index (χ0n) is 13.9. The zero-order valence-corrected chi connectivity index (χ0v) is 13.9. The van der Waals surface area contributed by atoms with Crippen LogP contribution in [0.15, 0.2) is 24.3 Å². The zero-order chi connectivity index (χ0) is 15.7. The van der Waals surface area contributed by atoms with Gasteiger partial charge in [-0.1, -0.05) is 39.8 Å². The number of rotatable bonds is 9. The Hall–Kier alpha value is -1.53. The molecule has 1 rings (SSSR count). The third-order valence-electron chi connectivity index (χ3n) is 3.91. The molecule has 0 fully saturated rings. The molecule has 0 bridgehead atoms. The molecule has 21 heavy (non-hydrogen) atoms. The molecule has 1 aromatic rings. The van der Waals surface area contributed by atoms with E-state index in [1.54, 1.807) is 0 Å². The highest BCUT2D eigenvalue weighted by Gasteiger charge is 2.16. The van der Waals surface area contributed by atoms with E-state index in [-0.39, 0.29) is 0 Å². The summed E-state index contributed by atoms with van der Waals surface area (Å²) in [6, 6.07) is 10.6. The van der Waals surface area contributed by atoms with E-state index < -0.39 is 0 Å². The Balaban J connectivity index is 2.59. The largest absolute Gasteiger partial charge is 0.384 e. The summed E-state index contributed by atoms with van der Waals surface area (Å²) < 4.78 is 0. The Bertz CT molecular complexity index is 444. The molecule has 0 spiro atoms. The van der Waals surface area contributed by atoms with Gasteiger partial charge in [0.1, 0.15) is 6.07 Å². The molecule has 1 unspecified atom stereocenters. The van der Waals surface area contributed by atoms with Gasteiger partial charge in [-0.15, -0.1) is 0 Å². The van der Waals surface area contributed by atoms with Crippen LogP contribution >= 0.6 is 0 Å². The Kier molecular flexibility index (Phi) is 7.85. The van der Waals surface area contributed by atoms with E-state index >= 15 is 0 Å². The Labute approximate surface area is 130 Å². The lowest BCUT2D eigenvalue weighted by atomic mass is 9.99. The SMILES string of the molecule is CCN(CC)C(CCNc1ccccc1C#N)CC(C)C. The van der Waals surface area contributed by atoms with Crippen LogP contribution in [0.3, 0.4) is 0 Å². The lowest BCUT2D eigenvalue weighted by molar-refractivity contribution is 0.184. The fraction of sp³-hybridized carbons (Fsp3) is 0.611. The highest BCUT2D eigenvalue weighted by molar-refractivity contribution is 5.57. The van der Waals surface area contributed by atoms with Crippen molar-refractivity contribution in [2.45, 2.75) is 46.6 Å². The van der Waals surface area contributed by atoms with Crippen molar-refractivity contribution in [3.63, 3.8) is 0 Å². The molecule has 0 saturated carbocycles. The van der Waals surface area contributed by atoms with E-state index in [1.807, 2.05) is 24.3 Å². The van der Waals surface area contributed by atoms with Crippen molar-refractivity contribution in [2.75, 3.05) is 25.0 Å². The van der Waals surface area contributed by atoms with Crippen LogP contribution in [0.1, 0.15) is 46.1 Å². The summed E-state index contributed by atoms with van der Waals surface area (Å²) in [4.78, 5) is 2.54. The average Bonchev–Trinajstić information content (AvgIpc) is 2.48. The smallest absolute Gasteiger partial charge is 0.101 e. The number of hydrogen-bond donors (Lipinski definition) is 1. The number of benzene rings is 1. The molecule has 0 aliphatic rings. The maximum Gasteiger partial charge on any atom is 0.101 e. The average molecular weight is 287 g/mol. The standard InChI is InChI=1S/C18H29N3/c1-5-21(6-2)17(13-15(3)4)11-12-20-18-10-8-7-9-16(18)14-19/h7-10,15,17,20H,5-6,11-13H2,1-4H3. The molecule has 3 nitrogen and oxygen atoms in total. The summed E-state index contributed by atoms with van der Waals surface area (Å²) in [6.45, 7) is 12.1. The molecule has 0 aromatic heterocycles. The van der Waals surface area contributed by atoms with E-state index in [9.17, 15) is 0 Å². The van der Waals surface area contributed by atoms with Crippen molar-refractivity contribution in [3.05, 3.63) is 29.8 Å². The minimum absolute atomic E-state index is 0.613. The van der Waals surface area contributed by atoms with E-state index in [2.05, 4.69) is 44.0 Å². The summed E-state index contributed by atoms with van der Waals surface area (Å²) in [6.07, 6.45) is 2.34. The van der Waals surface area contributed by atoms with Gasteiger partial charge in [0.15, 0.2) is 0 Å². The van der Waals surface area contributed by atoms with Crippen LogP contribution in [-0.4, -0.2) is 30.6 Å². The third-order valence-corrected chi connectivity index (χ3v) is 3.91. The summed E-state index contributed by atoms with van der Waals surface area (Å²) in [5, 5.41) is 12.5. The first-order valence-corrected chi connectivity index (χ1v) is 8.09. The van der Waals surface area contributed by atoms with E-state index in [0.29, 0.717) is 12.0 Å². The predicted molar refractivity (Wildman–Crippen MR) is 90.4 cm³/mol. The lowest BCUT2D eigenvalue weighted by Crippen LogP contribution is -2.37. The number of nitrogens with one attached hydrogen (secondary N) is 1. The second-order valence-electron chi connectivity index (χ2n) is 5.88. The van der Waals surface area contributed by atoms with E-state index in [0.717, 1.165) is 37.3 Å².